The summed E-state index contributed by atoms with van der Waals surface area (Å²) in [6.07, 6.45) is 0.841. The quantitative estimate of drug-likeness (QED) is 0.453. The Morgan fingerprint density at radius 3 is 2.60 bits per heavy atom. The molecule has 20 heavy (non-hydrogen) atoms. The maximum absolute atomic E-state index is 13.2. The van der Waals surface area contributed by atoms with Crippen LogP contribution in [0.1, 0.15) is 20.3 Å². The number of hydrogen-bond donors (Lipinski definition) is 1. The maximum atomic E-state index is 13.2. The first-order valence-corrected chi connectivity index (χ1v) is 6.97. The van der Waals surface area contributed by atoms with Crippen LogP contribution in [0.15, 0.2) is 12.1 Å². The van der Waals surface area contributed by atoms with Crippen LogP contribution >= 0.6 is 11.6 Å². The van der Waals surface area contributed by atoms with E-state index in [1.807, 2.05) is 0 Å². The van der Waals surface area contributed by atoms with E-state index in [0.717, 1.165) is 32.1 Å². The van der Waals surface area contributed by atoms with Crippen LogP contribution in [0.2, 0.25) is 5.02 Å². The Bertz CT molecular complexity index is 467. The summed E-state index contributed by atoms with van der Waals surface area (Å²) in [7, 11) is 0. The van der Waals surface area contributed by atoms with E-state index < -0.39 is 10.7 Å². The molecule has 0 radical (unpaired) electrons. The van der Waals surface area contributed by atoms with E-state index in [-0.39, 0.29) is 16.4 Å². The summed E-state index contributed by atoms with van der Waals surface area (Å²) < 4.78 is 13.2. The van der Waals surface area contributed by atoms with Crippen LogP contribution in [0.4, 0.5) is 15.8 Å². The fraction of sp³-hybridized carbons (Fsp3) is 0.538. The normalized spacial score (nSPS) is 10.8. The lowest BCUT2D eigenvalue weighted by Crippen LogP contribution is -2.25. The van der Waals surface area contributed by atoms with Gasteiger partial charge in [0.2, 0.25) is 0 Å². The average molecular weight is 304 g/mol. The number of nitrogens with one attached hydrogen (secondary N) is 1. The molecule has 0 bridgehead atoms. The van der Waals surface area contributed by atoms with Gasteiger partial charge in [0.1, 0.15) is 11.5 Å². The molecule has 0 atom stereocenters. The topological polar surface area (TPSA) is 58.4 Å². The van der Waals surface area contributed by atoms with Gasteiger partial charge in [-0.25, -0.2) is 4.39 Å². The highest BCUT2D eigenvalue weighted by molar-refractivity contribution is 6.31. The van der Waals surface area contributed by atoms with E-state index in [0.29, 0.717) is 6.54 Å². The van der Waals surface area contributed by atoms with Crippen molar-refractivity contribution in [2.45, 2.75) is 20.3 Å². The second-order valence-corrected chi connectivity index (χ2v) is 4.75. The predicted octanol–water partition coefficient (Wildman–Crippen LogP) is 3.53. The van der Waals surface area contributed by atoms with Gasteiger partial charge in [0, 0.05) is 6.54 Å². The van der Waals surface area contributed by atoms with Crippen LogP contribution in [0.3, 0.4) is 0 Å². The van der Waals surface area contributed by atoms with Gasteiger partial charge in [-0.15, -0.1) is 0 Å². The number of halogens is 2. The summed E-state index contributed by atoms with van der Waals surface area (Å²) >= 11 is 5.65. The molecular formula is C13H19ClFN3O2. The van der Waals surface area contributed by atoms with Gasteiger partial charge in [0.25, 0.3) is 5.69 Å². The van der Waals surface area contributed by atoms with Gasteiger partial charge in [-0.05, 0) is 32.1 Å². The van der Waals surface area contributed by atoms with Crippen molar-refractivity contribution >= 4 is 23.0 Å². The van der Waals surface area contributed by atoms with Gasteiger partial charge in [-0.2, -0.15) is 0 Å². The lowest BCUT2D eigenvalue weighted by Gasteiger charge is -2.17. The minimum atomic E-state index is -0.785. The monoisotopic (exact) mass is 303 g/mol. The van der Waals surface area contributed by atoms with Crippen LogP contribution in [0, 0.1) is 15.9 Å². The molecule has 0 aliphatic carbocycles. The molecule has 1 rings (SSSR count). The third-order valence-corrected chi connectivity index (χ3v) is 3.39. The number of nitrogens with zero attached hydrogens (tertiary/aromatic N) is 2. The summed E-state index contributed by atoms with van der Waals surface area (Å²) in [6.45, 7) is 7.59. The molecular weight excluding hydrogens is 285 g/mol. The van der Waals surface area contributed by atoms with Gasteiger partial charge in [-0.1, -0.05) is 25.4 Å². The summed E-state index contributed by atoms with van der Waals surface area (Å²) in [5.74, 6) is -0.785. The highest BCUT2D eigenvalue weighted by Gasteiger charge is 2.17. The number of nitro benzene ring substituents is 1. The molecule has 0 fully saturated rings. The lowest BCUT2D eigenvalue weighted by molar-refractivity contribution is -0.384. The number of nitro groups is 1. The minimum Gasteiger partial charge on any atom is -0.379 e. The highest BCUT2D eigenvalue weighted by atomic mass is 35.5. The van der Waals surface area contributed by atoms with Crippen molar-refractivity contribution in [3.05, 3.63) is 33.1 Å². The van der Waals surface area contributed by atoms with Crippen molar-refractivity contribution in [1.29, 1.82) is 0 Å². The number of anilines is 1. The maximum Gasteiger partial charge on any atom is 0.295 e. The molecule has 5 nitrogen and oxygen atoms in total. The van der Waals surface area contributed by atoms with Gasteiger partial charge in [-0.3, -0.25) is 10.1 Å². The van der Waals surface area contributed by atoms with Crippen LogP contribution in [0.5, 0.6) is 0 Å². The molecule has 0 aromatic heterocycles. The van der Waals surface area contributed by atoms with E-state index in [4.69, 9.17) is 11.6 Å². The summed E-state index contributed by atoms with van der Waals surface area (Å²) in [6, 6.07) is 2.10. The number of hydrogen-bond acceptors (Lipinski definition) is 4. The van der Waals surface area contributed by atoms with E-state index in [9.17, 15) is 14.5 Å². The third-order valence-electron chi connectivity index (χ3n) is 3.10. The number of rotatable bonds is 8. The zero-order valence-corrected chi connectivity index (χ0v) is 12.4. The zero-order chi connectivity index (χ0) is 15.1. The molecule has 0 saturated heterocycles. The van der Waals surface area contributed by atoms with Crippen molar-refractivity contribution in [2.75, 3.05) is 31.5 Å². The van der Waals surface area contributed by atoms with E-state index >= 15 is 0 Å². The Labute approximate surface area is 122 Å². The van der Waals surface area contributed by atoms with E-state index in [1.54, 1.807) is 0 Å². The van der Waals surface area contributed by atoms with Crippen molar-refractivity contribution < 1.29 is 9.31 Å². The summed E-state index contributed by atoms with van der Waals surface area (Å²) in [5.41, 5.74) is -0.0457. The molecule has 0 amide bonds. The van der Waals surface area contributed by atoms with Crippen molar-refractivity contribution in [3.8, 4) is 0 Å². The molecule has 1 aromatic rings. The second kappa shape index (κ2) is 8.01. The molecule has 112 valence electrons. The molecule has 7 heteroatoms. The van der Waals surface area contributed by atoms with Gasteiger partial charge >= 0.3 is 0 Å². The van der Waals surface area contributed by atoms with Gasteiger partial charge in [0.05, 0.1) is 16.0 Å². The van der Waals surface area contributed by atoms with Crippen molar-refractivity contribution in [3.63, 3.8) is 0 Å². The predicted molar refractivity (Wildman–Crippen MR) is 79.0 cm³/mol. The SMILES string of the molecule is CCN(CC)CCCNc1cc(Cl)c(F)cc1[N+](=O)[O-]. The molecule has 0 aliphatic heterocycles. The average Bonchev–Trinajstić information content (AvgIpc) is 2.42. The molecule has 1 aromatic carbocycles. The minimum absolute atomic E-state index is 0.123. The van der Waals surface area contributed by atoms with Crippen LogP contribution in [-0.2, 0) is 0 Å². The van der Waals surface area contributed by atoms with Crippen LogP contribution in [0.25, 0.3) is 0 Å². The largest absolute Gasteiger partial charge is 0.379 e. The Morgan fingerprint density at radius 2 is 2.05 bits per heavy atom. The summed E-state index contributed by atoms with van der Waals surface area (Å²) in [5, 5.41) is 13.7. The molecule has 0 saturated carbocycles. The smallest absolute Gasteiger partial charge is 0.295 e. The van der Waals surface area contributed by atoms with Gasteiger partial charge < -0.3 is 10.2 Å². The Hall–Kier alpha value is -1.40. The highest BCUT2D eigenvalue weighted by Crippen LogP contribution is 2.30. The molecule has 0 heterocycles. The molecule has 0 aliphatic rings. The first kappa shape index (κ1) is 16.7. The van der Waals surface area contributed by atoms with Crippen molar-refractivity contribution in [2.24, 2.45) is 0 Å². The van der Waals surface area contributed by atoms with E-state index in [1.165, 1.54) is 6.07 Å². The third kappa shape index (κ3) is 4.61. The standard InChI is InChI=1S/C13H19ClFN3O2/c1-3-17(4-2)7-5-6-16-12-8-10(14)11(15)9-13(12)18(19)20/h8-9,16H,3-7H2,1-2H3. The molecule has 1 N–H and O–H groups in total. The summed E-state index contributed by atoms with van der Waals surface area (Å²) in [4.78, 5) is 12.5. The Kier molecular flexibility index (Phi) is 6.67. The van der Waals surface area contributed by atoms with Crippen LogP contribution in [-0.4, -0.2) is 36.0 Å². The zero-order valence-electron chi connectivity index (χ0n) is 11.7. The second-order valence-electron chi connectivity index (χ2n) is 4.35. The van der Waals surface area contributed by atoms with Crippen molar-refractivity contribution in [1.82, 2.24) is 4.90 Å². The first-order valence-electron chi connectivity index (χ1n) is 6.59. The molecule has 0 spiro atoms. The lowest BCUT2D eigenvalue weighted by atomic mass is 10.2. The Balaban J connectivity index is 2.63. The van der Waals surface area contributed by atoms with E-state index in [2.05, 4.69) is 24.1 Å². The molecule has 0 unspecified atom stereocenters. The first-order chi connectivity index (χ1) is 9.49. The fourth-order valence-corrected chi connectivity index (χ4v) is 2.06. The van der Waals surface area contributed by atoms with Crippen LogP contribution < -0.4 is 5.32 Å². The number of benzene rings is 1. The fourth-order valence-electron chi connectivity index (χ4n) is 1.89. The Morgan fingerprint density at radius 1 is 1.40 bits per heavy atom. The van der Waals surface area contributed by atoms with Gasteiger partial charge in [0.15, 0.2) is 0 Å².